The fourth-order valence-corrected chi connectivity index (χ4v) is 1.64. The molecule has 0 radical (unpaired) electrons. The summed E-state index contributed by atoms with van der Waals surface area (Å²) in [7, 11) is 0. The Labute approximate surface area is 115 Å². The molecule has 0 fully saturated rings. The third kappa shape index (κ3) is 3.31. The van der Waals surface area contributed by atoms with E-state index in [9.17, 15) is 24.9 Å². The lowest BCUT2D eigenvalue weighted by Gasteiger charge is -2.20. The van der Waals surface area contributed by atoms with Crippen LogP contribution in [-0.2, 0) is 4.79 Å². The van der Waals surface area contributed by atoms with Crippen molar-refractivity contribution in [2.45, 2.75) is 26.3 Å². The topological polar surface area (TPSA) is 127 Å². The summed E-state index contributed by atoms with van der Waals surface area (Å²) in [6.07, 6.45) is 0.559. The van der Waals surface area contributed by atoms with Gasteiger partial charge in [-0.15, -0.1) is 0 Å². The van der Waals surface area contributed by atoms with Crippen LogP contribution in [0.25, 0.3) is 0 Å². The Kier molecular flexibility index (Phi) is 4.79. The Hall–Kier alpha value is -2.44. The van der Waals surface area contributed by atoms with E-state index in [-0.39, 0.29) is 11.5 Å². The minimum Gasteiger partial charge on any atom is -0.504 e. The molecule has 0 heterocycles. The third-order valence-electron chi connectivity index (χ3n) is 3.10. The van der Waals surface area contributed by atoms with Gasteiger partial charge in [0.25, 0.3) is 5.91 Å². The van der Waals surface area contributed by atoms with Gasteiger partial charge in [-0.2, -0.15) is 0 Å². The highest BCUT2D eigenvalue weighted by atomic mass is 16.4. The minimum atomic E-state index is -1.17. The summed E-state index contributed by atoms with van der Waals surface area (Å²) >= 11 is 0. The second-order valence-corrected chi connectivity index (χ2v) is 4.54. The molecule has 1 amide bonds. The zero-order valence-corrected chi connectivity index (χ0v) is 11.1. The molecule has 7 nitrogen and oxygen atoms in total. The molecule has 5 N–H and O–H groups in total. The molecular weight excluding hydrogens is 266 g/mol. The fourth-order valence-electron chi connectivity index (χ4n) is 1.64. The second kappa shape index (κ2) is 6.14. The first-order chi connectivity index (χ1) is 9.27. The number of phenols is 3. The van der Waals surface area contributed by atoms with Crippen molar-refractivity contribution < 1.29 is 30.0 Å². The SMILES string of the molecule is CCC(C)C(NC(=O)c1cc(O)c(O)c(O)c1)C(=O)O. The molecular formula is C13H17NO6. The van der Waals surface area contributed by atoms with Gasteiger partial charge in [-0.05, 0) is 18.1 Å². The first-order valence-electron chi connectivity index (χ1n) is 6.06. The monoisotopic (exact) mass is 283 g/mol. The number of carboxylic acids is 1. The lowest BCUT2D eigenvalue weighted by atomic mass is 9.99. The zero-order chi connectivity index (χ0) is 15.4. The Morgan fingerprint density at radius 2 is 1.70 bits per heavy atom. The van der Waals surface area contributed by atoms with Gasteiger partial charge >= 0.3 is 5.97 Å². The van der Waals surface area contributed by atoms with Crippen LogP contribution in [0, 0.1) is 5.92 Å². The molecule has 0 aliphatic rings. The standard InChI is InChI=1S/C13H17NO6/c1-3-6(2)10(13(19)20)14-12(18)7-4-8(15)11(17)9(16)5-7/h4-6,10,15-17H,3H2,1-2H3,(H,14,18)(H,19,20). The van der Waals surface area contributed by atoms with Gasteiger partial charge in [0.05, 0.1) is 0 Å². The van der Waals surface area contributed by atoms with Crippen molar-refractivity contribution in [3.8, 4) is 17.2 Å². The average molecular weight is 283 g/mol. The van der Waals surface area contributed by atoms with Crippen molar-refractivity contribution >= 4 is 11.9 Å². The van der Waals surface area contributed by atoms with Gasteiger partial charge in [-0.25, -0.2) is 4.79 Å². The van der Waals surface area contributed by atoms with E-state index in [0.717, 1.165) is 12.1 Å². The quantitative estimate of drug-likeness (QED) is 0.514. The van der Waals surface area contributed by atoms with Crippen molar-refractivity contribution in [1.29, 1.82) is 0 Å². The molecule has 0 saturated heterocycles. The van der Waals surface area contributed by atoms with E-state index in [1.165, 1.54) is 0 Å². The molecule has 20 heavy (non-hydrogen) atoms. The molecule has 1 aromatic rings. The predicted octanol–water partition coefficient (Wildman–Crippen LogP) is 1.03. The van der Waals surface area contributed by atoms with E-state index in [2.05, 4.69) is 5.32 Å². The van der Waals surface area contributed by atoms with Crippen LogP contribution in [0.4, 0.5) is 0 Å². The molecule has 1 rings (SSSR count). The number of carboxylic acid groups (broad SMARTS) is 1. The van der Waals surface area contributed by atoms with Gasteiger partial charge in [0.15, 0.2) is 17.2 Å². The molecule has 0 bridgehead atoms. The number of amides is 1. The van der Waals surface area contributed by atoms with E-state index in [0.29, 0.717) is 6.42 Å². The number of carbonyl (C=O) groups is 2. The van der Waals surface area contributed by atoms with Crippen LogP contribution in [0.2, 0.25) is 0 Å². The average Bonchev–Trinajstić information content (AvgIpc) is 2.39. The minimum absolute atomic E-state index is 0.146. The van der Waals surface area contributed by atoms with Gasteiger partial charge in [-0.1, -0.05) is 20.3 Å². The van der Waals surface area contributed by atoms with Crippen molar-refractivity contribution in [3.05, 3.63) is 17.7 Å². The van der Waals surface area contributed by atoms with Crippen LogP contribution in [0.5, 0.6) is 17.2 Å². The predicted molar refractivity (Wildman–Crippen MR) is 69.8 cm³/mol. The van der Waals surface area contributed by atoms with Crippen molar-refractivity contribution in [2.75, 3.05) is 0 Å². The Morgan fingerprint density at radius 1 is 1.20 bits per heavy atom. The van der Waals surface area contributed by atoms with Gasteiger partial charge in [0.1, 0.15) is 6.04 Å². The largest absolute Gasteiger partial charge is 0.504 e. The lowest BCUT2D eigenvalue weighted by molar-refractivity contribution is -0.140. The van der Waals surface area contributed by atoms with E-state index in [1.807, 2.05) is 0 Å². The second-order valence-electron chi connectivity index (χ2n) is 4.54. The Bertz CT molecular complexity index is 505. The van der Waals surface area contributed by atoms with Crippen LogP contribution >= 0.6 is 0 Å². The lowest BCUT2D eigenvalue weighted by Crippen LogP contribution is -2.45. The molecule has 0 spiro atoms. The van der Waals surface area contributed by atoms with Gasteiger partial charge in [0.2, 0.25) is 0 Å². The molecule has 0 aliphatic carbocycles. The number of carbonyl (C=O) groups excluding carboxylic acids is 1. The third-order valence-corrected chi connectivity index (χ3v) is 3.10. The van der Waals surface area contributed by atoms with Crippen LogP contribution in [0.15, 0.2) is 12.1 Å². The normalized spacial score (nSPS) is 13.5. The summed E-state index contributed by atoms with van der Waals surface area (Å²) in [6.45, 7) is 3.48. The van der Waals surface area contributed by atoms with E-state index >= 15 is 0 Å². The van der Waals surface area contributed by atoms with E-state index in [4.69, 9.17) is 5.11 Å². The highest BCUT2D eigenvalue weighted by Gasteiger charge is 2.26. The number of hydrogen-bond donors (Lipinski definition) is 5. The highest BCUT2D eigenvalue weighted by molar-refractivity contribution is 5.97. The summed E-state index contributed by atoms with van der Waals surface area (Å²) < 4.78 is 0. The zero-order valence-electron chi connectivity index (χ0n) is 11.1. The fraction of sp³-hybridized carbons (Fsp3) is 0.385. The van der Waals surface area contributed by atoms with Gasteiger partial charge in [-0.3, -0.25) is 4.79 Å². The summed E-state index contributed by atoms with van der Waals surface area (Å²) in [6, 6.07) is 0.811. The molecule has 0 aromatic heterocycles. The van der Waals surface area contributed by atoms with E-state index in [1.54, 1.807) is 13.8 Å². The van der Waals surface area contributed by atoms with Gasteiger partial charge in [0, 0.05) is 5.56 Å². The first-order valence-corrected chi connectivity index (χ1v) is 6.06. The van der Waals surface area contributed by atoms with Crippen LogP contribution in [0.1, 0.15) is 30.6 Å². The van der Waals surface area contributed by atoms with Crippen LogP contribution < -0.4 is 5.32 Å². The summed E-state index contributed by atoms with van der Waals surface area (Å²) in [5, 5.41) is 39.2. The van der Waals surface area contributed by atoms with Crippen molar-refractivity contribution in [2.24, 2.45) is 5.92 Å². The maximum absolute atomic E-state index is 11.9. The number of aromatic hydroxyl groups is 3. The molecule has 7 heteroatoms. The summed E-state index contributed by atoms with van der Waals surface area (Å²) in [5.41, 5.74) is -0.146. The van der Waals surface area contributed by atoms with Crippen LogP contribution in [0.3, 0.4) is 0 Å². The number of nitrogens with one attached hydrogen (secondary N) is 1. The molecule has 1 aromatic carbocycles. The molecule has 0 aliphatic heterocycles. The van der Waals surface area contributed by atoms with Crippen molar-refractivity contribution in [3.63, 3.8) is 0 Å². The number of phenolic OH excluding ortho intramolecular Hbond substituents is 3. The number of rotatable bonds is 5. The smallest absolute Gasteiger partial charge is 0.326 e. The number of hydrogen-bond acceptors (Lipinski definition) is 5. The summed E-state index contributed by atoms with van der Waals surface area (Å²) in [4.78, 5) is 23.0. The molecule has 0 saturated carbocycles. The summed E-state index contributed by atoms with van der Waals surface area (Å²) in [5.74, 6) is -4.27. The highest BCUT2D eigenvalue weighted by Crippen LogP contribution is 2.35. The Morgan fingerprint density at radius 3 is 2.10 bits per heavy atom. The molecule has 2 atom stereocenters. The Balaban J connectivity index is 2.98. The molecule has 110 valence electrons. The van der Waals surface area contributed by atoms with Crippen LogP contribution in [-0.4, -0.2) is 38.3 Å². The molecule has 2 unspecified atom stereocenters. The maximum Gasteiger partial charge on any atom is 0.326 e. The van der Waals surface area contributed by atoms with Gasteiger partial charge < -0.3 is 25.7 Å². The first kappa shape index (κ1) is 15.6. The van der Waals surface area contributed by atoms with E-state index < -0.39 is 35.2 Å². The maximum atomic E-state index is 11.9. The number of benzene rings is 1. The number of aliphatic carboxylic acids is 1. The van der Waals surface area contributed by atoms with Crippen molar-refractivity contribution in [1.82, 2.24) is 5.32 Å².